The van der Waals surface area contributed by atoms with E-state index >= 15 is 0 Å². The summed E-state index contributed by atoms with van der Waals surface area (Å²) in [4.78, 5) is 14.4. The van der Waals surface area contributed by atoms with Crippen molar-refractivity contribution >= 4 is 5.91 Å². The van der Waals surface area contributed by atoms with Gasteiger partial charge in [-0.2, -0.15) is 0 Å². The summed E-state index contributed by atoms with van der Waals surface area (Å²) in [6.07, 6.45) is 1.10. The van der Waals surface area contributed by atoms with Crippen molar-refractivity contribution in [2.75, 3.05) is 19.8 Å². The zero-order chi connectivity index (χ0) is 11.9. The van der Waals surface area contributed by atoms with Crippen LogP contribution < -0.4 is 0 Å². The van der Waals surface area contributed by atoms with Crippen LogP contribution in [0.1, 0.15) is 24.8 Å². The molecule has 0 saturated carbocycles. The zero-order valence-corrected chi connectivity index (χ0v) is 10.1. The second-order valence-corrected chi connectivity index (χ2v) is 5.09. The van der Waals surface area contributed by atoms with Crippen molar-refractivity contribution in [2.45, 2.75) is 24.8 Å². The molecule has 17 heavy (non-hydrogen) atoms. The number of rotatable bonds is 2. The molecule has 0 N–H and O–H groups in total. The van der Waals surface area contributed by atoms with Crippen LogP contribution in [0.5, 0.6) is 0 Å². The molecule has 0 aliphatic carbocycles. The van der Waals surface area contributed by atoms with E-state index in [0.717, 1.165) is 31.7 Å². The van der Waals surface area contributed by atoms with Gasteiger partial charge in [-0.3, -0.25) is 4.79 Å². The van der Waals surface area contributed by atoms with Crippen LogP contribution in [-0.4, -0.2) is 36.1 Å². The van der Waals surface area contributed by atoms with Crippen LogP contribution in [-0.2, 0) is 9.53 Å². The van der Waals surface area contributed by atoms with Crippen molar-refractivity contribution in [3.63, 3.8) is 0 Å². The van der Waals surface area contributed by atoms with Gasteiger partial charge in [0, 0.05) is 6.54 Å². The number of hydrogen-bond acceptors (Lipinski definition) is 2. The standard InChI is InChI=1S/C14H17NO2/c1-11(12-5-3-2-4-6-12)13(16)15-8-7-14(15)9-17-10-14/h2-6,11H,7-10H2,1H3/t11-/m0/s1. The lowest BCUT2D eigenvalue weighted by Crippen LogP contribution is -2.72. The average Bonchev–Trinajstić information content (AvgIpc) is 2.26. The van der Waals surface area contributed by atoms with Gasteiger partial charge in [-0.05, 0) is 18.9 Å². The van der Waals surface area contributed by atoms with Crippen molar-refractivity contribution in [3.05, 3.63) is 35.9 Å². The molecular weight excluding hydrogens is 214 g/mol. The zero-order valence-electron chi connectivity index (χ0n) is 10.1. The molecule has 2 saturated heterocycles. The smallest absolute Gasteiger partial charge is 0.230 e. The monoisotopic (exact) mass is 231 g/mol. The Morgan fingerprint density at radius 2 is 2.06 bits per heavy atom. The highest BCUT2D eigenvalue weighted by Gasteiger charge is 2.53. The molecule has 0 aromatic heterocycles. The Balaban J connectivity index is 1.74. The number of ether oxygens (including phenoxy) is 1. The van der Waals surface area contributed by atoms with Crippen LogP contribution in [0.4, 0.5) is 0 Å². The second kappa shape index (κ2) is 3.84. The van der Waals surface area contributed by atoms with Gasteiger partial charge < -0.3 is 9.64 Å². The molecular formula is C14H17NO2. The van der Waals surface area contributed by atoms with E-state index in [4.69, 9.17) is 4.74 Å². The Labute approximate surface area is 101 Å². The number of nitrogens with zero attached hydrogens (tertiary/aromatic N) is 1. The number of carbonyl (C=O) groups excluding carboxylic acids is 1. The highest BCUT2D eigenvalue weighted by molar-refractivity contribution is 5.85. The first kappa shape index (κ1) is 10.8. The topological polar surface area (TPSA) is 29.5 Å². The summed E-state index contributed by atoms with van der Waals surface area (Å²) in [6, 6.07) is 9.99. The van der Waals surface area contributed by atoms with Gasteiger partial charge in [-0.1, -0.05) is 30.3 Å². The van der Waals surface area contributed by atoms with Gasteiger partial charge in [0.25, 0.3) is 0 Å². The molecule has 1 aromatic rings. The molecule has 1 aromatic carbocycles. The first-order valence-corrected chi connectivity index (χ1v) is 6.17. The minimum absolute atomic E-state index is 0.0472. The van der Waals surface area contributed by atoms with Gasteiger partial charge in [-0.25, -0.2) is 0 Å². The van der Waals surface area contributed by atoms with Crippen molar-refractivity contribution in [1.29, 1.82) is 0 Å². The van der Waals surface area contributed by atoms with Crippen molar-refractivity contribution < 1.29 is 9.53 Å². The van der Waals surface area contributed by atoms with Crippen LogP contribution in [0.15, 0.2) is 30.3 Å². The lowest BCUT2D eigenvalue weighted by Gasteiger charge is -2.58. The molecule has 1 atom stereocenters. The number of benzene rings is 1. The van der Waals surface area contributed by atoms with Crippen LogP contribution >= 0.6 is 0 Å². The average molecular weight is 231 g/mol. The Morgan fingerprint density at radius 3 is 2.53 bits per heavy atom. The van der Waals surface area contributed by atoms with E-state index in [0.29, 0.717) is 0 Å². The second-order valence-electron chi connectivity index (χ2n) is 5.09. The predicted molar refractivity (Wildman–Crippen MR) is 64.7 cm³/mol. The van der Waals surface area contributed by atoms with Gasteiger partial charge in [-0.15, -0.1) is 0 Å². The highest BCUT2D eigenvalue weighted by atomic mass is 16.5. The van der Waals surface area contributed by atoms with Crippen molar-refractivity contribution in [2.24, 2.45) is 0 Å². The van der Waals surface area contributed by atoms with E-state index in [1.54, 1.807) is 0 Å². The van der Waals surface area contributed by atoms with Gasteiger partial charge in [0.2, 0.25) is 5.91 Å². The summed E-state index contributed by atoms with van der Waals surface area (Å²) in [5.74, 6) is 0.194. The number of hydrogen-bond donors (Lipinski definition) is 0. The van der Waals surface area contributed by atoms with Crippen molar-refractivity contribution in [1.82, 2.24) is 4.90 Å². The van der Waals surface area contributed by atoms with Crippen LogP contribution in [0.2, 0.25) is 0 Å². The molecule has 1 spiro atoms. The van der Waals surface area contributed by atoms with Crippen LogP contribution in [0.3, 0.4) is 0 Å². The molecule has 3 nitrogen and oxygen atoms in total. The summed E-state index contributed by atoms with van der Waals surface area (Å²) in [6.45, 7) is 4.32. The third-order valence-corrected chi connectivity index (χ3v) is 4.05. The van der Waals surface area contributed by atoms with Crippen LogP contribution in [0.25, 0.3) is 0 Å². The van der Waals surface area contributed by atoms with E-state index in [1.807, 2.05) is 42.2 Å². The summed E-state index contributed by atoms with van der Waals surface area (Å²) in [7, 11) is 0. The molecule has 2 fully saturated rings. The minimum atomic E-state index is -0.0472. The Morgan fingerprint density at radius 1 is 1.35 bits per heavy atom. The summed E-state index contributed by atoms with van der Waals surface area (Å²) < 4.78 is 5.25. The molecule has 1 amide bonds. The molecule has 90 valence electrons. The lowest BCUT2D eigenvalue weighted by atomic mass is 9.81. The quantitative estimate of drug-likeness (QED) is 0.776. The Hall–Kier alpha value is -1.35. The van der Waals surface area contributed by atoms with E-state index in [-0.39, 0.29) is 17.4 Å². The number of carbonyl (C=O) groups is 1. The lowest BCUT2D eigenvalue weighted by molar-refractivity contribution is -0.200. The minimum Gasteiger partial charge on any atom is -0.376 e. The summed E-state index contributed by atoms with van der Waals surface area (Å²) >= 11 is 0. The fourth-order valence-electron chi connectivity index (χ4n) is 2.64. The third-order valence-electron chi connectivity index (χ3n) is 4.05. The normalized spacial score (nSPS) is 22.8. The first-order valence-electron chi connectivity index (χ1n) is 6.17. The van der Waals surface area contributed by atoms with E-state index < -0.39 is 0 Å². The molecule has 0 unspecified atom stereocenters. The molecule has 2 heterocycles. The fraction of sp³-hybridized carbons (Fsp3) is 0.500. The Kier molecular flexibility index (Phi) is 2.44. The summed E-state index contributed by atoms with van der Waals surface area (Å²) in [5.41, 5.74) is 1.15. The molecule has 2 aliphatic heterocycles. The number of amides is 1. The fourth-order valence-corrected chi connectivity index (χ4v) is 2.64. The molecule has 0 radical (unpaired) electrons. The Bertz CT molecular complexity index is 420. The highest BCUT2D eigenvalue weighted by Crippen LogP contribution is 2.39. The van der Waals surface area contributed by atoms with Gasteiger partial charge in [0.05, 0.1) is 24.7 Å². The third kappa shape index (κ3) is 1.57. The largest absolute Gasteiger partial charge is 0.376 e. The molecule has 0 bridgehead atoms. The van der Waals surface area contributed by atoms with Gasteiger partial charge in [0.15, 0.2) is 0 Å². The van der Waals surface area contributed by atoms with Crippen molar-refractivity contribution in [3.8, 4) is 0 Å². The maximum atomic E-state index is 12.4. The number of likely N-dealkylation sites (tertiary alicyclic amines) is 1. The summed E-state index contributed by atoms with van der Waals surface area (Å²) in [5, 5.41) is 0. The first-order chi connectivity index (χ1) is 8.23. The molecule has 3 rings (SSSR count). The van der Waals surface area contributed by atoms with E-state index in [9.17, 15) is 4.79 Å². The van der Waals surface area contributed by atoms with E-state index in [1.165, 1.54) is 0 Å². The van der Waals surface area contributed by atoms with Gasteiger partial charge >= 0.3 is 0 Å². The van der Waals surface area contributed by atoms with E-state index in [2.05, 4.69) is 0 Å². The van der Waals surface area contributed by atoms with Crippen LogP contribution in [0, 0.1) is 0 Å². The predicted octanol–water partition coefficient (Wildman–Crippen LogP) is 1.79. The SMILES string of the molecule is C[C@H](C(=O)N1CCC12COC2)c1ccccc1. The molecule has 3 heteroatoms. The maximum absolute atomic E-state index is 12.4. The van der Waals surface area contributed by atoms with Gasteiger partial charge in [0.1, 0.15) is 0 Å². The maximum Gasteiger partial charge on any atom is 0.230 e. The molecule has 2 aliphatic rings.